The predicted octanol–water partition coefficient (Wildman–Crippen LogP) is 2.03. The van der Waals surface area contributed by atoms with Gasteiger partial charge in [-0.1, -0.05) is 24.6 Å². The minimum atomic E-state index is -3.54. The molecule has 19 heavy (non-hydrogen) atoms. The molecular formula is C14H19NO3S. The lowest BCUT2D eigenvalue weighted by atomic mass is 9.85. The maximum absolute atomic E-state index is 12.2. The minimum Gasteiger partial charge on any atom is -0.299 e. The van der Waals surface area contributed by atoms with E-state index < -0.39 is 10.0 Å². The number of carbonyl (C=O) groups is 1. The van der Waals surface area contributed by atoms with Gasteiger partial charge in [-0.2, -0.15) is 0 Å². The Morgan fingerprint density at radius 3 is 2.47 bits per heavy atom. The van der Waals surface area contributed by atoms with Gasteiger partial charge < -0.3 is 0 Å². The highest BCUT2D eigenvalue weighted by Gasteiger charge is 2.31. The van der Waals surface area contributed by atoms with E-state index in [1.165, 1.54) is 0 Å². The van der Waals surface area contributed by atoms with Crippen molar-refractivity contribution in [2.24, 2.45) is 5.92 Å². The summed E-state index contributed by atoms with van der Waals surface area (Å²) in [4.78, 5) is 11.9. The summed E-state index contributed by atoms with van der Waals surface area (Å²) in [5.41, 5.74) is 1.01. The van der Waals surface area contributed by atoms with Gasteiger partial charge in [0.1, 0.15) is 5.78 Å². The molecule has 1 aromatic rings. The van der Waals surface area contributed by atoms with Crippen LogP contribution in [-0.4, -0.2) is 20.2 Å². The van der Waals surface area contributed by atoms with Gasteiger partial charge in [0.25, 0.3) is 0 Å². The topological polar surface area (TPSA) is 63.2 Å². The predicted molar refractivity (Wildman–Crippen MR) is 73.3 cm³/mol. The molecule has 1 aliphatic rings. The number of hydrogen-bond donors (Lipinski definition) is 1. The lowest BCUT2D eigenvalue weighted by molar-refractivity contribution is -0.124. The molecule has 4 nitrogen and oxygen atoms in total. The largest absolute Gasteiger partial charge is 0.299 e. The second-order valence-electron chi connectivity index (χ2n) is 5.19. The average Bonchev–Trinajstić information content (AvgIpc) is 2.35. The van der Waals surface area contributed by atoms with E-state index in [4.69, 9.17) is 0 Å². The zero-order chi connectivity index (χ0) is 14.0. The summed E-state index contributed by atoms with van der Waals surface area (Å²) in [7, 11) is -3.54. The fourth-order valence-corrected chi connectivity index (χ4v) is 3.70. The number of nitrogens with one attached hydrogen (secondary N) is 1. The molecule has 5 heteroatoms. The lowest BCUT2D eigenvalue weighted by Gasteiger charge is -2.28. The molecule has 0 heterocycles. The van der Waals surface area contributed by atoms with Crippen molar-refractivity contribution in [3.05, 3.63) is 29.8 Å². The molecule has 2 atom stereocenters. The van der Waals surface area contributed by atoms with Crippen LogP contribution in [0.1, 0.15) is 31.7 Å². The third-order valence-corrected chi connectivity index (χ3v) is 5.19. The molecule has 0 aliphatic heterocycles. The van der Waals surface area contributed by atoms with Crippen LogP contribution in [0.5, 0.6) is 0 Å². The molecule has 2 unspecified atom stereocenters. The Balaban J connectivity index is 2.17. The van der Waals surface area contributed by atoms with Crippen LogP contribution in [-0.2, 0) is 14.8 Å². The second-order valence-corrected chi connectivity index (χ2v) is 6.90. The first-order valence-electron chi connectivity index (χ1n) is 6.52. The van der Waals surface area contributed by atoms with Crippen molar-refractivity contribution in [1.82, 2.24) is 4.72 Å². The van der Waals surface area contributed by atoms with E-state index in [1.54, 1.807) is 31.2 Å². The third-order valence-electron chi connectivity index (χ3n) is 3.69. The minimum absolute atomic E-state index is 0.142. The number of carbonyl (C=O) groups excluding carboxylic acids is 1. The van der Waals surface area contributed by atoms with E-state index >= 15 is 0 Å². The summed E-state index contributed by atoms with van der Waals surface area (Å²) in [6.45, 7) is 3.70. The molecule has 1 aromatic carbocycles. The molecule has 0 bridgehead atoms. The summed E-state index contributed by atoms with van der Waals surface area (Å²) >= 11 is 0. The van der Waals surface area contributed by atoms with Crippen LogP contribution in [0.2, 0.25) is 0 Å². The van der Waals surface area contributed by atoms with Crippen LogP contribution >= 0.6 is 0 Å². The molecule has 2 rings (SSSR count). The summed E-state index contributed by atoms with van der Waals surface area (Å²) in [6, 6.07) is 6.43. The lowest BCUT2D eigenvalue weighted by Crippen LogP contribution is -2.44. The van der Waals surface area contributed by atoms with E-state index in [2.05, 4.69) is 4.72 Å². The first-order chi connectivity index (χ1) is 8.90. The van der Waals surface area contributed by atoms with Crippen LogP contribution in [0, 0.1) is 12.8 Å². The van der Waals surface area contributed by atoms with Crippen molar-refractivity contribution in [3.8, 4) is 0 Å². The first kappa shape index (κ1) is 14.2. The second kappa shape index (κ2) is 5.43. The SMILES string of the molecule is Cc1ccc(S(=O)(=O)NC2CCCC(=O)C2C)cc1. The van der Waals surface area contributed by atoms with E-state index in [0.717, 1.165) is 18.4 Å². The van der Waals surface area contributed by atoms with Crippen molar-refractivity contribution in [2.75, 3.05) is 0 Å². The summed E-state index contributed by atoms with van der Waals surface area (Å²) in [6.07, 6.45) is 2.03. The van der Waals surface area contributed by atoms with Gasteiger partial charge in [0.05, 0.1) is 4.90 Å². The number of benzene rings is 1. The van der Waals surface area contributed by atoms with Crippen molar-refractivity contribution < 1.29 is 13.2 Å². The van der Waals surface area contributed by atoms with Gasteiger partial charge >= 0.3 is 0 Å². The molecule has 0 amide bonds. The van der Waals surface area contributed by atoms with E-state index in [0.29, 0.717) is 6.42 Å². The van der Waals surface area contributed by atoms with Crippen molar-refractivity contribution in [3.63, 3.8) is 0 Å². The van der Waals surface area contributed by atoms with Crippen LogP contribution in [0.3, 0.4) is 0 Å². The van der Waals surface area contributed by atoms with Crippen LogP contribution in [0.15, 0.2) is 29.2 Å². The Morgan fingerprint density at radius 2 is 1.84 bits per heavy atom. The van der Waals surface area contributed by atoms with Gasteiger partial charge in [-0.15, -0.1) is 0 Å². The molecule has 1 saturated carbocycles. The van der Waals surface area contributed by atoms with Crippen LogP contribution < -0.4 is 4.72 Å². The molecule has 0 radical (unpaired) electrons. The Bertz CT molecular complexity index is 563. The molecular weight excluding hydrogens is 262 g/mol. The number of hydrogen-bond acceptors (Lipinski definition) is 3. The smallest absolute Gasteiger partial charge is 0.240 e. The summed E-state index contributed by atoms with van der Waals surface area (Å²) in [5, 5.41) is 0. The van der Waals surface area contributed by atoms with Gasteiger partial charge in [-0.25, -0.2) is 13.1 Å². The Labute approximate surface area is 114 Å². The van der Waals surface area contributed by atoms with Gasteiger partial charge in [0.15, 0.2) is 0 Å². The highest BCUT2D eigenvalue weighted by atomic mass is 32.2. The number of rotatable bonds is 3. The Morgan fingerprint density at radius 1 is 1.21 bits per heavy atom. The maximum Gasteiger partial charge on any atom is 0.240 e. The summed E-state index contributed by atoms with van der Waals surface area (Å²) in [5.74, 6) is -0.100. The average molecular weight is 281 g/mol. The number of sulfonamides is 1. The third kappa shape index (κ3) is 3.22. The number of aryl methyl sites for hydroxylation is 1. The highest BCUT2D eigenvalue weighted by Crippen LogP contribution is 2.23. The fraction of sp³-hybridized carbons (Fsp3) is 0.500. The van der Waals surface area contributed by atoms with Gasteiger partial charge in [-0.05, 0) is 31.9 Å². The molecule has 0 saturated heterocycles. The standard InChI is InChI=1S/C14H19NO3S/c1-10-6-8-12(9-7-10)19(17,18)15-13-4-3-5-14(16)11(13)2/h6-9,11,13,15H,3-5H2,1-2H3. The van der Waals surface area contributed by atoms with Gasteiger partial charge in [0, 0.05) is 18.4 Å². The maximum atomic E-state index is 12.2. The number of ketones is 1. The van der Waals surface area contributed by atoms with Crippen LogP contribution in [0.25, 0.3) is 0 Å². The summed E-state index contributed by atoms with van der Waals surface area (Å²) < 4.78 is 27.1. The zero-order valence-corrected chi connectivity index (χ0v) is 12.0. The Kier molecular flexibility index (Phi) is 4.06. The monoisotopic (exact) mass is 281 g/mol. The molecule has 1 fully saturated rings. The molecule has 1 aliphatic carbocycles. The van der Waals surface area contributed by atoms with Crippen molar-refractivity contribution in [2.45, 2.75) is 44.0 Å². The van der Waals surface area contributed by atoms with Gasteiger partial charge in [-0.3, -0.25) is 4.79 Å². The van der Waals surface area contributed by atoms with E-state index in [-0.39, 0.29) is 22.6 Å². The normalized spacial score (nSPS) is 24.4. The van der Waals surface area contributed by atoms with Crippen molar-refractivity contribution in [1.29, 1.82) is 0 Å². The highest BCUT2D eigenvalue weighted by molar-refractivity contribution is 7.89. The van der Waals surface area contributed by atoms with E-state index in [9.17, 15) is 13.2 Å². The van der Waals surface area contributed by atoms with Crippen molar-refractivity contribution >= 4 is 15.8 Å². The van der Waals surface area contributed by atoms with Gasteiger partial charge in [0.2, 0.25) is 10.0 Å². The number of Topliss-reactive ketones (excluding diaryl/α,β-unsaturated/α-hetero) is 1. The van der Waals surface area contributed by atoms with E-state index in [1.807, 2.05) is 6.92 Å². The Hall–Kier alpha value is -1.20. The fourth-order valence-electron chi connectivity index (χ4n) is 2.34. The molecule has 0 aromatic heterocycles. The quantitative estimate of drug-likeness (QED) is 0.922. The molecule has 1 N–H and O–H groups in total. The first-order valence-corrected chi connectivity index (χ1v) is 8.00. The zero-order valence-electron chi connectivity index (χ0n) is 11.2. The molecule has 0 spiro atoms. The molecule has 104 valence electrons. The van der Waals surface area contributed by atoms with Crippen LogP contribution in [0.4, 0.5) is 0 Å².